The Morgan fingerprint density at radius 1 is 1.38 bits per heavy atom. The summed E-state index contributed by atoms with van der Waals surface area (Å²) >= 11 is 0. The number of nitrogens with zero attached hydrogens (tertiary/aromatic N) is 2. The van der Waals surface area contributed by atoms with Gasteiger partial charge in [-0.2, -0.15) is 4.31 Å². The molecule has 1 aromatic heterocycles. The Bertz CT molecular complexity index is 1050. The van der Waals surface area contributed by atoms with Gasteiger partial charge in [-0.15, -0.1) is 0 Å². The number of benzene rings is 1. The van der Waals surface area contributed by atoms with E-state index in [0.717, 1.165) is 4.31 Å². The molecule has 0 bridgehead atoms. The average Bonchev–Trinajstić information content (AvgIpc) is 3.03. The molecule has 1 fully saturated rings. The smallest absolute Gasteiger partial charge is 0.408 e. The molecule has 1 saturated heterocycles. The van der Waals surface area contributed by atoms with Gasteiger partial charge in [-0.05, 0) is 25.5 Å². The lowest BCUT2D eigenvalue weighted by Crippen LogP contribution is -2.37. The third-order valence-electron chi connectivity index (χ3n) is 4.36. The minimum Gasteiger partial charge on any atom is -0.408 e. The summed E-state index contributed by atoms with van der Waals surface area (Å²) in [6, 6.07) is 3.65. The highest BCUT2D eigenvalue weighted by atomic mass is 32.2. The number of sulfone groups is 1. The molecule has 1 aliphatic rings. The van der Waals surface area contributed by atoms with E-state index < -0.39 is 31.7 Å². The van der Waals surface area contributed by atoms with Gasteiger partial charge in [0.05, 0.1) is 21.9 Å². The van der Waals surface area contributed by atoms with E-state index >= 15 is 0 Å². The van der Waals surface area contributed by atoms with Crippen molar-refractivity contribution in [2.75, 3.05) is 18.6 Å². The summed E-state index contributed by atoms with van der Waals surface area (Å²) in [5.74, 6) is -0.728. The second-order valence-corrected chi connectivity index (χ2v) is 10.0. The van der Waals surface area contributed by atoms with Crippen molar-refractivity contribution >= 4 is 31.0 Å². The van der Waals surface area contributed by atoms with E-state index in [1.807, 2.05) is 0 Å². The van der Waals surface area contributed by atoms with Crippen molar-refractivity contribution in [2.45, 2.75) is 30.8 Å². The average molecular weight is 374 g/mol. The predicted octanol–water partition coefficient (Wildman–Crippen LogP) is 0.422. The number of fused-ring (bicyclic) bond motifs is 1. The topological polar surface area (TPSA) is 107 Å². The molecular formula is C14H18N2O6S2. The Labute approximate surface area is 139 Å². The quantitative estimate of drug-likeness (QED) is 0.768. The van der Waals surface area contributed by atoms with E-state index in [1.165, 1.54) is 29.8 Å². The molecule has 132 valence electrons. The number of rotatable bonds is 4. The van der Waals surface area contributed by atoms with E-state index in [1.54, 1.807) is 6.92 Å². The standard InChI is InChI=1S/C14H18N2O6S2/c1-3-16-12-5-4-11(8-13(12)22-14(16)17)24(20,21)15(2)10-6-7-23(18,19)9-10/h4-5,8,10H,3,6-7,9H2,1-2H3. The highest BCUT2D eigenvalue weighted by Crippen LogP contribution is 2.25. The van der Waals surface area contributed by atoms with Crippen molar-refractivity contribution in [3.63, 3.8) is 0 Å². The number of aromatic nitrogens is 1. The maximum atomic E-state index is 12.7. The normalized spacial score (nSPS) is 20.9. The van der Waals surface area contributed by atoms with Gasteiger partial charge < -0.3 is 4.42 Å². The van der Waals surface area contributed by atoms with Crippen LogP contribution in [-0.4, -0.2) is 50.3 Å². The maximum Gasteiger partial charge on any atom is 0.419 e. The molecule has 0 saturated carbocycles. The van der Waals surface area contributed by atoms with Crippen molar-refractivity contribution in [1.82, 2.24) is 8.87 Å². The number of oxazole rings is 1. The summed E-state index contributed by atoms with van der Waals surface area (Å²) in [5, 5.41) is 0. The molecule has 1 aromatic carbocycles. The molecule has 8 nitrogen and oxygen atoms in total. The number of hydrogen-bond donors (Lipinski definition) is 0. The first-order valence-corrected chi connectivity index (χ1v) is 10.7. The van der Waals surface area contributed by atoms with E-state index in [4.69, 9.17) is 4.42 Å². The molecule has 0 amide bonds. The van der Waals surface area contributed by atoms with Gasteiger partial charge in [0.1, 0.15) is 0 Å². The summed E-state index contributed by atoms with van der Waals surface area (Å²) in [6.07, 6.45) is 0.279. The first kappa shape index (κ1) is 17.2. The second kappa shape index (κ2) is 5.71. The Kier molecular flexibility index (Phi) is 4.09. The molecule has 2 heterocycles. The molecule has 1 aliphatic heterocycles. The van der Waals surface area contributed by atoms with Crippen molar-refractivity contribution in [2.24, 2.45) is 0 Å². The number of aryl methyl sites for hydroxylation is 1. The van der Waals surface area contributed by atoms with Gasteiger partial charge in [-0.1, -0.05) is 0 Å². The first-order valence-electron chi connectivity index (χ1n) is 7.47. The molecule has 0 radical (unpaired) electrons. The minimum absolute atomic E-state index is 0.00914. The fraction of sp³-hybridized carbons (Fsp3) is 0.500. The zero-order valence-corrected chi connectivity index (χ0v) is 14.9. The zero-order chi connectivity index (χ0) is 17.7. The monoisotopic (exact) mass is 374 g/mol. The van der Waals surface area contributed by atoms with E-state index in [2.05, 4.69) is 0 Å². The van der Waals surface area contributed by atoms with Crippen molar-refractivity contribution < 1.29 is 21.3 Å². The predicted molar refractivity (Wildman–Crippen MR) is 88.2 cm³/mol. The van der Waals surface area contributed by atoms with Gasteiger partial charge in [0.25, 0.3) is 0 Å². The van der Waals surface area contributed by atoms with Gasteiger partial charge in [0.2, 0.25) is 10.0 Å². The van der Waals surface area contributed by atoms with Crippen LogP contribution in [0.3, 0.4) is 0 Å². The lowest BCUT2D eigenvalue weighted by Gasteiger charge is -2.22. The van der Waals surface area contributed by atoms with Crippen molar-refractivity contribution in [1.29, 1.82) is 0 Å². The molecule has 2 aromatic rings. The Balaban J connectivity index is 2.01. The van der Waals surface area contributed by atoms with Gasteiger partial charge in [0.15, 0.2) is 15.4 Å². The van der Waals surface area contributed by atoms with Crippen molar-refractivity contribution in [3.05, 3.63) is 28.7 Å². The third kappa shape index (κ3) is 2.78. The van der Waals surface area contributed by atoms with Crippen LogP contribution in [0.1, 0.15) is 13.3 Å². The second-order valence-electron chi connectivity index (χ2n) is 5.82. The lowest BCUT2D eigenvalue weighted by molar-refractivity contribution is 0.394. The SMILES string of the molecule is CCn1c(=O)oc2cc(S(=O)(=O)N(C)C3CCS(=O)(=O)C3)ccc21. The van der Waals surface area contributed by atoms with Crippen LogP contribution in [0.15, 0.2) is 32.3 Å². The Hall–Kier alpha value is -1.65. The highest BCUT2D eigenvalue weighted by Gasteiger charge is 2.36. The van der Waals surface area contributed by atoms with Crippen LogP contribution in [0.4, 0.5) is 0 Å². The summed E-state index contributed by atoms with van der Waals surface area (Å²) < 4.78 is 56.2. The van der Waals surface area contributed by atoms with Gasteiger partial charge >= 0.3 is 5.76 Å². The third-order valence-corrected chi connectivity index (χ3v) is 8.01. The number of hydrogen-bond acceptors (Lipinski definition) is 6. The summed E-state index contributed by atoms with van der Waals surface area (Å²) in [6.45, 7) is 2.20. The van der Waals surface area contributed by atoms with Gasteiger partial charge in [-0.3, -0.25) is 4.57 Å². The molecule has 10 heteroatoms. The van der Waals surface area contributed by atoms with Gasteiger partial charge in [0, 0.05) is 25.7 Å². The molecule has 24 heavy (non-hydrogen) atoms. The minimum atomic E-state index is -3.88. The molecule has 0 aliphatic carbocycles. The lowest BCUT2D eigenvalue weighted by atomic mass is 10.3. The Morgan fingerprint density at radius 2 is 2.08 bits per heavy atom. The number of sulfonamides is 1. The van der Waals surface area contributed by atoms with Crippen LogP contribution in [0.5, 0.6) is 0 Å². The van der Waals surface area contributed by atoms with Crippen molar-refractivity contribution in [3.8, 4) is 0 Å². The summed E-state index contributed by atoms with van der Waals surface area (Å²) in [7, 11) is -5.70. The fourth-order valence-electron chi connectivity index (χ4n) is 2.93. The van der Waals surface area contributed by atoms with Crippen LogP contribution < -0.4 is 5.76 Å². The fourth-order valence-corrected chi connectivity index (χ4v) is 6.20. The Morgan fingerprint density at radius 3 is 2.67 bits per heavy atom. The maximum absolute atomic E-state index is 12.7. The highest BCUT2D eigenvalue weighted by molar-refractivity contribution is 7.92. The molecule has 1 atom stereocenters. The molecule has 0 spiro atoms. The van der Waals surface area contributed by atoms with E-state index in [-0.39, 0.29) is 28.4 Å². The van der Waals surface area contributed by atoms with Crippen LogP contribution in [-0.2, 0) is 26.4 Å². The van der Waals surface area contributed by atoms with Crippen LogP contribution in [0, 0.1) is 0 Å². The first-order chi connectivity index (χ1) is 11.2. The van der Waals surface area contributed by atoms with E-state index in [9.17, 15) is 21.6 Å². The van der Waals surface area contributed by atoms with Crippen LogP contribution in [0.25, 0.3) is 11.1 Å². The van der Waals surface area contributed by atoms with Gasteiger partial charge in [-0.25, -0.2) is 21.6 Å². The summed E-state index contributed by atoms with van der Waals surface area (Å²) in [5.41, 5.74) is 0.711. The molecule has 3 rings (SSSR count). The van der Waals surface area contributed by atoms with E-state index in [0.29, 0.717) is 12.1 Å². The largest absolute Gasteiger partial charge is 0.419 e. The molecular weight excluding hydrogens is 356 g/mol. The zero-order valence-electron chi connectivity index (χ0n) is 13.3. The van der Waals surface area contributed by atoms with Crippen LogP contribution >= 0.6 is 0 Å². The molecule has 0 N–H and O–H groups in total. The summed E-state index contributed by atoms with van der Waals surface area (Å²) in [4.78, 5) is 11.7. The van der Waals surface area contributed by atoms with Crippen LogP contribution in [0.2, 0.25) is 0 Å². The molecule has 1 unspecified atom stereocenters.